The number of aromatic hydroxyl groups is 1. The number of hydrogen-bond donors (Lipinski definition) is 1. The lowest BCUT2D eigenvalue weighted by atomic mass is 10.2. The number of para-hydroxylation sites is 1. The minimum atomic E-state index is 0.211. The fourth-order valence-electron chi connectivity index (χ4n) is 1.84. The van der Waals surface area contributed by atoms with Crippen molar-refractivity contribution in [2.45, 2.75) is 6.92 Å². The first kappa shape index (κ1) is 9.84. The lowest BCUT2D eigenvalue weighted by molar-refractivity contribution is 0.477. The molecule has 3 aromatic rings. The van der Waals surface area contributed by atoms with Crippen molar-refractivity contribution in [1.82, 2.24) is 14.6 Å². The minimum Gasteiger partial charge on any atom is -0.507 e. The molecule has 2 aromatic heterocycles. The van der Waals surface area contributed by atoms with Crippen LogP contribution in [0.5, 0.6) is 5.75 Å². The van der Waals surface area contributed by atoms with Gasteiger partial charge in [0.05, 0.1) is 5.56 Å². The van der Waals surface area contributed by atoms with E-state index < -0.39 is 0 Å². The van der Waals surface area contributed by atoms with Gasteiger partial charge in [0.2, 0.25) is 0 Å². The molecule has 0 aliphatic heterocycles. The molecule has 4 heteroatoms. The molecular weight excluding hydrogens is 214 g/mol. The van der Waals surface area contributed by atoms with Crippen LogP contribution in [0.15, 0.2) is 42.6 Å². The number of phenols is 1. The van der Waals surface area contributed by atoms with Gasteiger partial charge in [-0.25, -0.2) is 0 Å². The summed E-state index contributed by atoms with van der Waals surface area (Å²) in [6.07, 6.45) is 1.91. The van der Waals surface area contributed by atoms with Gasteiger partial charge in [-0.1, -0.05) is 12.1 Å². The van der Waals surface area contributed by atoms with E-state index in [-0.39, 0.29) is 5.75 Å². The van der Waals surface area contributed by atoms with Gasteiger partial charge >= 0.3 is 0 Å². The second-order valence-electron chi connectivity index (χ2n) is 3.97. The Morgan fingerprint density at radius 2 is 1.94 bits per heavy atom. The molecule has 0 atom stereocenters. The van der Waals surface area contributed by atoms with E-state index in [9.17, 15) is 5.11 Å². The van der Waals surface area contributed by atoms with Crippen molar-refractivity contribution in [2.75, 3.05) is 0 Å². The van der Waals surface area contributed by atoms with E-state index in [0.717, 1.165) is 11.2 Å². The molecule has 0 unspecified atom stereocenters. The van der Waals surface area contributed by atoms with Crippen molar-refractivity contribution < 1.29 is 5.11 Å². The van der Waals surface area contributed by atoms with Gasteiger partial charge in [-0.05, 0) is 36.8 Å². The predicted octanol–water partition coefficient (Wildman–Crippen LogP) is 2.41. The summed E-state index contributed by atoms with van der Waals surface area (Å²) in [5, 5.41) is 18.0. The summed E-state index contributed by atoms with van der Waals surface area (Å²) in [5.41, 5.74) is 2.60. The summed E-state index contributed by atoms with van der Waals surface area (Å²) >= 11 is 0. The van der Waals surface area contributed by atoms with Crippen molar-refractivity contribution in [2.24, 2.45) is 0 Å². The normalized spacial score (nSPS) is 10.9. The molecule has 4 nitrogen and oxygen atoms in total. The van der Waals surface area contributed by atoms with Crippen LogP contribution < -0.4 is 0 Å². The van der Waals surface area contributed by atoms with E-state index in [1.165, 1.54) is 0 Å². The Bertz CT molecular complexity index is 688. The molecule has 0 bridgehead atoms. The minimum absolute atomic E-state index is 0.211. The molecule has 3 rings (SSSR count). The maximum absolute atomic E-state index is 9.82. The highest BCUT2D eigenvalue weighted by atomic mass is 16.3. The van der Waals surface area contributed by atoms with Crippen LogP contribution in [0.1, 0.15) is 5.56 Å². The first-order valence-electron chi connectivity index (χ1n) is 5.35. The van der Waals surface area contributed by atoms with Crippen molar-refractivity contribution >= 4 is 5.65 Å². The maximum atomic E-state index is 9.82. The number of phenolic OH excluding ortho intramolecular Hbond substituents is 1. The molecular formula is C13H11N3O. The van der Waals surface area contributed by atoms with Crippen molar-refractivity contribution in [3.05, 3.63) is 48.2 Å². The number of hydrogen-bond acceptors (Lipinski definition) is 3. The standard InChI is InChI=1S/C13H11N3O/c1-9-6-7-16-12(8-9)14-15-13(16)10-4-2-3-5-11(10)17/h2-8,17H,1H3. The molecule has 17 heavy (non-hydrogen) atoms. The van der Waals surface area contributed by atoms with E-state index in [1.54, 1.807) is 12.1 Å². The monoisotopic (exact) mass is 225 g/mol. The number of aromatic nitrogens is 3. The van der Waals surface area contributed by atoms with E-state index in [4.69, 9.17) is 0 Å². The SMILES string of the molecule is Cc1ccn2c(-c3ccccc3O)nnc2c1. The number of fused-ring (bicyclic) bond motifs is 1. The molecule has 0 radical (unpaired) electrons. The van der Waals surface area contributed by atoms with E-state index in [2.05, 4.69) is 10.2 Å². The van der Waals surface area contributed by atoms with Crippen LogP contribution in [0.3, 0.4) is 0 Å². The second-order valence-corrected chi connectivity index (χ2v) is 3.97. The van der Waals surface area contributed by atoms with Crippen LogP contribution in [0.25, 0.3) is 17.0 Å². The second kappa shape index (κ2) is 3.59. The molecule has 0 amide bonds. The molecule has 84 valence electrons. The summed E-state index contributed by atoms with van der Waals surface area (Å²) in [5.74, 6) is 0.862. The molecule has 0 saturated carbocycles. The third-order valence-corrected chi connectivity index (χ3v) is 2.71. The molecule has 0 aliphatic carbocycles. The zero-order valence-electron chi connectivity index (χ0n) is 9.33. The van der Waals surface area contributed by atoms with Crippen molar-refractivity contribution in [1.29, 1.82) is 0 Å². The highest BCUT2D eigenvalue weighted by molar-refractivity contribution is 5.66. The van der Waals surface area contributed by atoms with Crippen LogP contribution in [0.4, 0.5) is 0 Å². The Hall–Kier alpha value is -2.36. The molecule has 0 spiro atoms. The molecule has 1 N–H and O–H groups in total. The summed E-state index contributed by atoms with van der Waals surface area (Å²) in [6.45, 7) is 2.01. The van der Waals surface area contributed by atoms with Gasteiger partial charge < -0.3 is 5.11 Å². The van der Waals surface area contributed by atoms with Gasteiger partial charge in [-0.3, -0.25) is 4.40 Å². The average Bonchev–Trinajstić information content (AvgIpc) is 2.72. The molecule has 2 heterocycles. The Morgan fingerprint density at radius 3 is 2.76 bits per heavy atom. The van der Waals surface area contributed by atoms with Crippen molar-refractivity contribution in [3.8, 4) is 17.1 Å². The fourth-order valence-corrected chi connectivity index (χ4v) is 1.84. The summed E-state index contributed by atoms with van der Waals surface area (Å²) in [4.78, 5) is 0. The zero-order chi connectivity index (χ0) is 11.8. The topological polar surface area (TPSA) is 50.4 Å². The molecule has 0 saturated heterocycles. The Labute approximate surface area is 98.2 Å². The lowest BCUT2D eigenvalue weighted by Crippen LogP contribution is -1.89. The summed E-state index contributed by atoms with van der Waals surface area (Å²) in [7, 11) is 0. The first-order valence-corrected chi connectivity index (χ1v) is 5.35. The molecule has 1 aromatic carbocycles. The first-order chi connectivity index (χ1) is 8.25. The Kier molecular flexibility index (Phi) is 2.08. The highest BCUT2D eigenvalue weighted by Crippen LogP contribution is 2.27. The third kappa shape index (κ3) is 1.54. The van der Waals surface area contributed by atoms with Gasteiger partial charge in [0, 0.05) is 6.20 Å². The van der Waals surface area contributed by atoms with Crippen LogP contribution in [-0.4, -0.2) is 19.7 Å². The highest BCUT2D eigenvalue weighted by Gasteiger charge is 2.10. The maximum Gasteiger partial charge on any atom is 0.172 e. The largest absolute Gasteiger partial charge is 0.507 e. The van der Waals surface area contributed by atoms with Crippen molar-refractivity contribution in [3.63, 3.8) is 0 Å². The number of rotatable bonds is 1. The van der Waals surface area contributed by atoms with Gasteiger partial charge in [0.25, 0.3) is 0 Å². The van der Waals surface area contributed by atoms with Gasteiger partial charge in [0.1, 0.15) is 5.75 Å². The molecule has 0 fully saturated rings. The number of benzene rings is 1. The Morgan fingerprint density at radius 1 is 1.12 bits per heavy atom. The number of pyridine rings is 1. The van der Waals surface area contributed by atoms with Gasteiger partial charge in [0.15, 0.2) is 11.5 Å². The summed E-state index contributed by atoms with van der Waals surface area (Å²) < 4.78 is 1.86. The third-order valence-electron chi connectivity index (χ3n) is 2.71. The smallest absolute Gasteiger partial charge is 0.172 e. The zero-order valence-corrected chi connectivity index (χ0v) is 9.33. The van der Waals surface area contributed by atoms with E-state index in [1.807, 2.05) is 41.8 Å². The van der Waals surface area contributed by atoms with Crippen LogP contribution >= 0.6 is 0 Å². The molecule has 0 aliphatic rings. The van der Waals surface area contributed by atoms with Crippen LogP contribution in [-0.2, 0) is 0 Å². The number of nitrogens with zero attached hydrogens (tertiary/aromatic N) is 3. The van der Waals surface area contributed by atoms with E-state index in [0.29, 0.717) is 11.4 Å². The quantitative estimate of drug-likeness (QED) is 0.691. The lowest BCUT2D eigenvalue weighted by Gasteiger charge is -2.02. The van der Waals surface area contributed by atoms with E-state index >= 15 is 0 Å². The van der Waals surface area contributed by atoms with Crippen LogP contribution in [0, 0.1) is 6.92 Å². The number of aryl methyl sites for hydroxylation is 1. The predicted molar refractivity (Wildman–Crippen MR) is 64.8 cm³/mol. The van der Waals surface area contributed by atoms with Gasteiger partial charge in [-0.15, -0.1) is 10.2 Å². The fraction of sp³-hybridized carbons (Fsp3) is 0.0769. The van der Waals surface area contributed by atoms with Crippen LogP contribution in [0.2, 0.25) is 0 Å². The Balaban J connectivity index is 2.29. The summed E-state index contributed by atoms with van der Waals surface area (Å²) in [6, 6.07) is 11.1. The van der Waals surface area contributed by atoms with Gasteiger partial charge in [-0.2, -0.15) is 0 Å². The average molecular weight is 225 g/mol.